The van der Waals surface area contributed by atoms with E-state index in [9.17, 15) is 4.39 Å². The number of benzene rings is 1. The van der Waals surface area contributed by atoms with Gasteiger partial charge in [0.25, 0.3) is 0 Å². The van der Waals surface area contributed by atoms with E-state index in [2.05, 4.69) is 31.9 Å². The molecule has 1 nitrogen and oxygen atoms in total. The Morgan fingerprint density at radius 3 is 2.08 bits per heavy atom. The first-order valence-electron chi connectivity index (χ1n) is 3.83. The van der Waals surface area contributed by atoms with Crippen LogP contribution in [0.15, 0.2) is 27.1 Å². The van der Waals surface area contributed by atoms with E-state index in [1.807, 2.05) is 6.07 Å². The van der Waals surface area contributed by atoms with Gasteiger partial charge in [0, 0.05) is 8.95 Å². The van der Waals surface area contributed by atoms with E-state index in [-0.39, 0.29) is 13.2 Å². The molecule has 0 N–H and O–H groups in total. The zero-order valence-corrected chi connectivity index (χ0v) is 9.86. The van der Waals surface area contributed by atoms with Crippen molar-refractivity contribution in [1.29, 1.82) is 0 Å². The van der Waals surface area contributed by atoms with Gasteiger partial charge < -0.3 is 4.74 Å². The highest BCUT2D eigenvalue weighted by molar-refractivity contribution is 9.11. The molecule has 70 valence electrons. The minimum Gasteiger partial charge on any atom is -0.374 e. The summed E-state index contributed by atoms with van der Waals surface area (Å²) in [4.78, 5) is 0. The summed E-state index contributed by atoms with van der Waals surface area (Å²) in [7, 11) is 0. The van der Waals surface area contributed by atoms with Crippen molar-refractivity contribution in [3.05, 3.63) is 32.7 Å². The lowest BCUT2D eigenvalue weighted by Crippen LogP contribution is -2.42. The molecule has 1 aliphatic rings. The molecule has 0 amide bonds. The topological polar surface area (TPSA) is 9.23 Å². The number of rotatable bonds is 1. The van der Waals surface area contributed by atoms with Crippen LogP contribution in [0.25, 0.3) is 0 Å². The smallest absolute Gasteiger partial charge is 0.182 e. The predicted molar refractivity (Wildman–Crippen MR) is 55.4 cm³/mol. The van der Waals surface area contributed by atoms with Crippen LogP contribution in [-0.4, -0.2) is 13.2 Å². The Bertz CT molecular complexity index is 316. The van der Waals surface area contributed by atoms with Gasteiger partial charge in [0.2, 0.25) is 0 Å². The number of hydrogen-bond acceptors (Lipinski definition) is 1. The number of alkyl halides is 1. The minimum absolute atomic E-state index is 0.163. The molecule has 4 heteroatoms. The molecular formula is C9H7Br2FO. The standard InChI is InChI=1S/C9H7Br2FO/c10-7-1-6(2-8(11)3-7)9(12)4-13-5-9/h1-3H,4-5H2. The lowest BCUT2D eigenvalue weighted by atomic mass is 9.94. The van der Waals surface area contributed by atoms with Crippen molar-refractivity contribution in [3.8, 4) is 0 Å². The highest BCUT2D eigenvalue weighted by Gasteiger charge is 2.40. The summed E-state index contributed by atoms with van der Waals surface area (Å²) >= 11 is 6.64. The Balaban J connectivity index is 2.39. The highest BCUT2D eigenvalue weighted by Crippen LogP contribution is 2.36. The van der Waals surface area contributed by atoms with Crippen LogP contribution in [0.1, 0.15) is 5.56 Å². The molecule has 0 spiro atoms. The number of ether oxygens (including phenoxy) is 1. The third-order valence-electron chi connectivity index (χ3n) is 2.04. The molecule has 0 unspecified atom stereocenters. The van der Waals surface area contributed by atoms with Crippen molar-refractivity contribution in [2.75, 3.05) is 13.2 Å². The van der Waals surface area contributed by atoms with Crippen LogP contribution in [-0.2, 0) is 10.4 Å². The van der Waals surface area contributed by atoms with E-state index in [4.69, 9.17) is 4.74 Å². The summed E-state index contributed by atoms with van der Waals surface area (Å²) in [6, 6.07) is 5.45. The number of halogens is 3. The van der Waals surface area contributed by atoms with Gasteiger partial charge in [0.15, 0.2) is 5.67 Å². The molecule has 1 aliphatic heterocycles. The second-order valence-electron chi connectivity index (χ2n) is 3.12. The average Bonchev–Trinajstić information content (AvgIpc) is 1.98. The van der Waals surface area contributed by atoms with Gasteiger partial charge in [-0.25, -0.2) is 4.39 Å². The van der Waals surface area contributed by atoms with Crippen molar-refractivity contribution in [2.45, 2.75) is 5.67 Å². The van der Waals surface area contributed by atoms with Crippen LogP contribution < -0.4 is 0 Å². The van der Waals surface area contributed by atoms with Crippen LogP contribution >= 0.6 is 31.9 Å². The summed E-state index contributed by atoms with van der Waals surface area (Å²) < 4.78 is 20.4. The summed E-state index contributed by atoms with van der Waals surface area (Å²) in [5, 5.41) is 0. The van der Waals surface area contributed by atoms with E-state index < -0.39 is 5.67 Å². The van der Waals surface area contributed by atoms with Crippen molar-refractivity contribution >= 4 is 31.9 Å². The molecule has 0 atom stereocenters. The van der Waals surface area contributed by atoms with E-state index in [1.54, 1.807) is 12.1 Å². The van der Waals surface area contributed by atoms with Gasteiger partial charge in [-0.1, -0.05) is 31.9 Å². The zero-order valence-electron chi connectivity index (χ0n) is 6.69. The fraction of sp³-hybridized carbons (Fsp3) is 0.333. The fourth-order valence-corrected chi connectivity index (χ4v) is 2.55. The first kappa shape index (κ1) is 9.62. The van der Waals surface area contributed by atoms with Gasteiger partial charge in [-0.05, 0) is 23.8 Å². The lowest BCUT2D eigenvalue weighted by molar-refractivity contribution is -0.135. The Morgan fingerprint density at radius 1 is 1.15 bits per heavy atom. The van der Waals surface area contributed by atoms with Crippen molar-refractivity contribution in [3.63, 3.8) is 0 Å². The van der Waals surface area contributed by atoms with Crippen molar-refractivity contribution < 1.29 is 9.13 Å². The largest absolute Gasteiger partial charge is 0.374 e. The normalized spacial score (nSPS) is 19.6. The summed E-state index contributed by atoms with van der Waals surface area (Å²) in [5.41, 5.74) is -0.619. The Hall–Kier alpha value is 0.0700. The fourth-order valence-electron chi connectivity index (χ4n) is 1.26. The molecule has 1 aromatic carbocycles. The van der Waals surface area contributed by atoms with E-state index in [1.165, 1.54) is 0 Å². The predicted octanol–water partition coefficient (Wildman–Crippen LogP) is 3.41. The molecule has 13 heavy (non-hydrogen) atoms. The van der Waals surface area contributed by atoms with Crippen LogP contribution in [0.5, 0.6) is 0 Å². The lowest BCUT2D eigenvalue weighted by Gasteiger charge is -2.34. The third kappa shape index (κ3) is 1.80. The van der Waals surface area contributed by atoms with Crippen LogP contribution in [0.3, 0.4) is 0 Å². The Kier molecular flexibility index (Phi) is 2.47. The van der Waals surface area contributed by atoms with Gasteiger partial charge in [-0.15, -0.1) is 0 Å². The van der Waals surface area contributed by atoms with Gasteiger partial charge >= 0.3 is 0 Å². The van der Waals surface area contributed by atoms with E-state index in [0.717, 1.165) is 8.95 Å². The molecule has 0 bridgehead atoms. The summed E-state index contributed by atoms with van der Waals surface area (Å²) in [5.74, 6) is 0. The highest BCUT2D eigenvalue weighted by atomic mass is 79.9. The molecule has 1 aromatic rings. The number of hydrogen-bond donors (Lipinski definition) is 0. The van der Waals surface area contributed by atoms with Gasteiger partial charge in [-0.2, -0.15) is 0 Å². The quantitative estimate of drug-likeness (QED) is 0.772. The van der Waals surface area contributed by atoms with Crippen LogP contribution in [0.4, 0.5) is 4.39 Å². The molecular weight excluding hydrogens is 303 g/mol. The van der Waals surface area contributed by atoms with Crippen LogP contribution in [0.2, 0.25) is 0 Å². The maximum absolute atomic E-state index is 13.8. The Labute approximate surface area is 92.5 Å². The van der Waals surface area contributed by atoms with Gasteiger partial charge in [0.1, 0.15) is 0 Å². The van der Waals surface area contributed by atoms with E-state index in [0.29, 0.717) is 5.56 Å². The first-order valence-corrected chi connectivity index (χ1v) is 5.42. The van der Waals surface area contributed by atoms with Gasteiger partial charge in [0.05, 0.1) is 13.2 Å². The van der Waals surface area contributed by atoms with Crippen LogP contribution in [0, 0.1) is 0 Å². The van der Waals surface area contributed by atoms with Crippen molar-refractivity contribution in [1.82, 2.24) is 0 Å². The molecule has 2 rings (SSSR count). The zero-order chi connectivity index (χ0) is 9.47. The molecule has 1 saturated heterocycles. The van der Waals surface area contributed by atoms with E-state index >= 15 is 0 Å². The second kappa shape index (κ2) is 3.33. The second-order valence-corrected chi connectivity index (χ2v) is 4.95. The van der Waals surface area contributed by atoms with Crippen molar-refractivity contribution in [2.24, 2.45) is 0 Å². The maximum atomic E-state index is 13.8. The summed E-state index contributed by atoms with van der Waals surface area (Å²) in [6.07, 6.45) is 0. The Morgan fingerprint density at radius 2 is 1.69 bits per heavy atom. The van der Waals surface area contributed by atoms with Gasteiger partial charge in [-0.3, -0.25) is 0 Å². The third-order valence-corrected chi connectivity index (χ3v) is 2.96. The molecule has 1 fully saturated rings. The summed E-state index contributed by atoms with van der Waals surface area (Å²) in [6.45, 7) is 0.325. The minimum atomic E-state index is -1.29. The molecule has 0 aliphatic carbocycles. The average molecular weight is 310 g/mol. The maximum Gasteiger partial charge on any atom is 0.182 e. The molecule has 0 aromatic heterocycles. The molecule has 0 saturated carbocycles. The monoisotopic (exact) mass is 308 g/mol. The SMILES string of the molecule is FC1(c2cc(Br)cc(Br)c2)COC1. The molecule has 1 heterocycles. The first-order chi connectivity index (χ1) is 6.10. The molecule has 0 radical (unpaired) electrons.